The lowest BCUT2D eigenvalue weighted by Gasteiger charge is -2.31. The molecule has 1 aliphatic carbocycles. The van der Waals surface area contributed by atoms with E-state index in [1.54, 1.807) is 0 Å². The second-order valence-electron chi connectivity index (χ2n) is 4.63. The van der Waals surface area contributed by atoms with Crippen LogP contribution in [0.5, 0.6) is 0 Å². The molecule has 0 bridgehead atoms. The summed E-state index contributed by atoms with van der Waals surface area (Å²) in [4.78, 5) is 0. The molecule has 0 aromatic heterocycles. The van der Waals surface area contributed by atoms with E-state index < -0.39 is 0 Å². The molecular formula is C13H25NOS. The lowest BCUT2D eigenvalue weighted by molar-refractivity contribution is 0.153. The van der Waals surface area contributed by atoms with E-state index in [0.717, 1.165) is 24.0 Å². The Labute approximate surface area is 104 Å². The van der Waals surface area contributed by atoms with Gasteiger partial charge in [0.15, 0.2) is 0 Å². The molecule has 0 aromatic rings. The van der Waals surface area contributed by atoms with Gasteiger partial charge in [-0.1, -0.05) is 25.0 Å². The van der Waals surface area contributed by atoms with Gasteiger partial charge in [0.25, 0.3) is 0 Å². The largest absolute Gasteiger partial charge is 0.376 e. The zero-order valence-electron chi connectivity index (χ0n) is 10.6. The van der Waals surface area contributed by atoms with Gasteiger partial charge in [-0.15, -0.1) is 0 Å². The van der Waals surface area contributed by atoms with Crippen LogP contribution in [0.3, 0.4) is 0 Å². The van der Waals surface area contributed by atoms with Gasteiger partial charge in [-0.05, 0) is 26.0 Å². The first-order valence-corrected chi connectivity index (χ1v) is 7.51. The Bertz CT molecular complexity index is 208. The fourth-order valence-corrected chi connectivity index (χ4v) is 3.14. The molecule has 3 heteroatoms. The average molecular weight is 243 g/mol. The summed E-state index contributed by atoms with van der Waals surface area (Å²) in [5.41, 5.74) is 1.10. The quantitative estimate of drug-likeness (QED) is 0.549. The Balaban J connectivity index is 2.08. The number of hydrogen-bond donors (Lipinski definition) is 1. The van der Waals surface area contributed by atoms with E-state index in [1.807, 2.05) is 18.7 Å². The Morgan fingerprint density at radius 1 is 1.44 bits per heavy atom. The number of hydrogen-bond acceptors (Lipinski definition) is 3. The van der Waals surface area contributed by atoms with E-state index >= 15 is 0 Å². The van der Waals surface area contributed by atoms with Gasteiger partial charge in [-0.25, -0.2) is 0 Å². The maximum atomic E-state index is 5.49. The molecule has 1 saturated carbocycles. The Morgan fingerprint density at radius 2 is 2.19 bits per heavy atom. The zero-order chi connectivity index (χ0) is 11.8. The maximum Gasteiger partial charge on any atom is 0.0672 e. The van der Waals surface area contributed by atoms with Gasteiger partial charge in [0.2, 0.25) is 0 Å². The summed E-state index contributed by atoms with van der Waals surface area (Å²) in [6.45, 7) is 8.27. The van der Waals surface area contributed by atoms with Crippen molar-refractivity contribution in [2.24, 2.45) is 0 Å². The second kappa shape index (κ2) is 8.15. The third-order valence-corrected chi connectivity index (χ3v) is 4.18. The molecule has 1 fully saturated rings. The van der Waals surface area contributed by atoms with E-state index in [9.17, 15) is 0 Å². The fourth-order valence-electron chi connectivity index (χ4n) is 2.18. The minimum atomic E-state index is 0.692. The highest BCUT2D eigenvalue weighted by Crippen LogP contribution is 2.26. The molecule has 0 aliphatic heterocycles. The van der Waals surface area contributed by atoms with Crippen molar-refractivity contribution in [3.8, 4) is 0 Å². The molecule has 16 heavy (non-hydrogen) atoms. The van der Waals surface area contributed by atoms with Crippen LogP contribution < -0.4 is 5.32 Å². The van der Waals surface area contributed by atoms with Crippen LogP contribution in [0.25, 0.3) is 0 Å². The summed E-state index contributed by atoms with van der Waals surface area (Å²) in [7, 11) is 0. The van der Waals surface area contributed by atoms with Crippen LogP contribution >= 0.6 is 11.8 Å². The van der Waals surface area contributed by atoms with Gasteiger partial charge >= 0.3 is 0 Å². The van der Waals surface area contributed by atoms with Crippen LogP contribution in [0, 0.1) is 0 Å². The van der Waals surface area contributed by atoms with E-state index in [-0.39, 0.29) is 0 Å². The van der Waals surface area contributed by atoms with E-state index in [1.165, 1.54) is 25.7 Å². The highest BCUT2D eigenvalue weighted by molar-refractivity contribution is 7.99. The first-order valence-electron chi connectivity index (χ1n) is 6.22. The number of rotatable bonds is 7. The predicted molar refractivity (Wildman–Crippen MR) is 73.2 cm³/mol. The first-order chi connectivity index (χ1) is 7.74. The highest BCUT2D eigenvalue weighted by atomic mass is 32.2. The number of ether oxygens (including phenoxy) is 1. The lowest BCUT2D eigenvalue weighted by Crippen LogP contribution is -2.41. The van der Waals surface area contributed by atoms with Crippen molar-refractivity contribution in [2.75, 3.05) is 26.0 Å². The van der Waals surface area contributed by atoms with Crippen molar-refractivity contribution >= 4 is 11.8 Å². The molecule has 0 saturated heterocycles. The van der Waals surface area contributed by atoms with Crippen LogP contribution in [-0.4, -0.2) is 37.3 Å². The topological polar surface area (TPSA) is 21.3 Å². The van der Waals surface area contributed by atoms with Gasteiger partial charge in [-0.3, -0.25) is 0 Å². The van der Waals surface area contributed by atoms with Gasteiger partial charge in [0.05, 0.1) is 13.2 Å². The number of nitrogens with one attached hydrogen (secondary N) is 1. The highest BCUT2D eigenvalue weighted by Gasteiger charge is 2.23. The van der Waals surface area contributed by atoms with Gasteiger partial charge in [-0.2, -0.15) is 11.8 Å². The van der Waals surface area contributed by atoms with Crippen molar-refractivity contribution in [3.63, 3.8) is 0 Å². The standard InChI is InChI=1S/C13H25NOS/c1-11(2)10-15-9-8-14-12-6-4-5-7-13(12)16-3/h12-14H,1,4-10H2,2-3H3. The molecular weight excluding hydrogens is 218 g/mol. The molecule has 94 valence electrons. The maximum absolute atomic E-state index is 5.49. The van der Waals surface area contributed by atoms with Crippen LogP contribution in [-0.2, 0) is 4.74 Å². The molecule has 2 unspecified atom stereocenters. The van der Waals surface area contributed by atoms with Crippen molar-refractivity contribution in [1.82, 2.24) is 5.32 Å². The molecule has 0 spiro atoms. The molecule has 0 heterocycles. The summed E-state index contributed by atoms with van der Waals surface area (Å²) >= 11 is 2.01. The van der Waals surface area contributed by atoms with E-state index in [4.69, 9.17) is 4.74 Å². The monoisotopic (exact) mass is 243 g/mol. The van der Waals surface area contributed by atoms with Crippen molar-refractivity contribution < 1.29 is 4.74 Å². The van der Waals surface area contributed by atoms with Crippen LogP contribution in [0.2, 0.25) is 0 Å². The van der Waals surface area contributed by atoms with Crippen molar-refractivity contribution in [2.45, 2.75) is 43.9 Å². The minimum Gasteiger partial charge on any atom is -0.376 e. The SMILES string of the molecule is C=C(C)COCCNC1CCCCC1SC. The van der Waals surface area contributed by atoms with E-state index in [2.05, 4.69) is 18.2 Å². The normalized spacial score (nSPS) is 25.6. The van der Waals surface area contributed by atoms with Crippen LogP contribution in [0.1, 0.15) is 32.6 Å². The molecule has 1 N–H and O–H groups in total. The molecule has 1 rings (SSSR count). The lowest BCUT2D eigenvalue weighted by atomic mass is 9.95. The molecule has 2 atom stereocenters. The van der Waals surface area contributed by atoms with Crippen LogP contribution in [0.15, 0.2) is 12.2 Å². The minimum absolute atomic E-state index is 0.692. The summed E-state index contributed by atoms with van der Waals surface area (Å²) in [6.07, 6.45) is 7.69. The van der Waals surface area contributed by atoms with Crippen molar-refractivity contribution in [1.29, 1.82) is 0 Å². The van der Waals surface area contributed by atoms with Gasteiger partial charge in [0, 0.05) is 17.8 Å². The van der Waals surface area contributed by atoms with Gasteiger partial charge in [0.1, 0.15) is 0 Å². The summed E-state index contributed by atoms with van der Waals surface area (Å²) in [5.74, 6) is 0. The first kappa shape index (κ1) is 14.1. The summed E-state index contributed by atoms with van der Waals surface area (Å²) < 4.78 is 5.49. The second-order valence-corrected chi connectivity index (χ2v) is 5.71. The average Bonchev–Trinajstić information content (AvgIpc) is 2.29. The molecule has 2 nitrogen and oxygen atoms in total. The molecule has 0 amide bonds. The smallest absolute Gasteiger partial charge is 0.0672 e. The molecule has 0 radical (unpaired) electrons. The van der Waals surface area contributed by atoms with Gasteiger partial charge < -0.3 is 10.1 Å². The summed E-state index contributed by atoms with van der Waals surface area (Å²) in [5, 5.41) is 4.42. The molecule has 1 aliphatic rings. The predicted octanol–water partition coefficient (Wildman–Crippen LogP) is 2.84. The zero-order valence-corrected chi connectivity index (χ0v) is 11.4. The molecule has 0 aromatic carbocycles. The Hall–Kier alpha value is 0.0100. The Kier molecular flexibility index (Phi) is 7.17. The fraction of sp³-hybridized carbons (Fsp3) is 0.846. The van der Waals surface area contributed by atoms with E-state index in [0.29, 0.717) is 12.6 Å². The number of thioether (sulfide) groups is 1. The van der Waals surface area contributed by atoms with Crippen LogP contribution in [0.4, 0.5) is 0 Å². The summed E-state index contributed by atoms with van der Waals surface area (Å²) in [6, 6.07) is 0.692. The van der Waals surface area contributed by atoms with Crippen molar-refractivity contribution in [3.05, 3.63) is 12.2 Å². The third kappa shape index (κ3) is 5.37. The third-order valence-electron chi connectivity index (χ3n) is 3.01. The Morgan fingerprint density at radius 3 is 2.88 bits per heavy atom.